The van der Waals surface area contributed by atoms with Crippen molar-refractivity contribution in [3.05, 3.63) is 9.77 Å². The number of nitrogen functional groups attached to an aromatic ring is 2. The minimum atomic E-state index is 0.216. The second kappa shape index (κ2) is 2.34. The molecule has 0 aliphatic rings. The first-order valence-electron chi connectivity index (χ1n) is 2.23. The molecular weight excluding hydrogens is 231 g/mol. The molecular formula is C4H5IN4. The second-order valence-corrected chi connectivity index (χ2v) is 2.62. The molecule has 0 saturated heterocycles. The maximum absolute atomic E-state index is 5.38. The molecule has 0 radical (unpaired) electrons. The van der Waals surface area contributed by atoms with Crippen molar-refractivity contribution < 1.29 is 0 Å². The van der Waals surface area contributed by atoms with Crippen LogP contribution in [0.2, 0.25) is 0 Å². The lowest BCUT2D eigenvalue weighted by Gasteiger charge is -1.94. The van der Waals surface area contributed by atoms with E-state index in [2.05, 4.69) is 9.97 Å². The summed E-state index contributed by atoms with van der Waals surface area (Å²) in [6, 6.07) is 0. The predicted molar refractivity (Wildman–Crippen MR) is 43.6 cm³/mol. The average molecular weight is 236 g/mol. The number of halogens is 1. The first-order valence-corrected chi connectivity index (χ1v) is 3.31. The van der Waals surface area contributed by atoms with Crippen LogP contribution in [0.25, 0.3) is 0 Å². The molecule has 0 aromatic carbocycles. The van der Waals surface area contributed by atoms with E-state index in [9.17, 15) is 0 Å². The lowest BCUT2D eigenvalue weighted by atomic mass is 10.6. The summed E-state index contributed by atoms with van der Waals surface area (Å²) in [7, 11) is 0. The molecule has 1 heterocycles. The summed E-state index contributed by atoms with van der Waals surface area (Å²) in [6.07, 6.45) is 1.58. The molecule has 1 aromatic heterocycles. The molecule has 0 saturated carbocycles. The quantitative estimate of drug-likeness (QED) is 0.632. The highest BCUT2D eigenvalue weighted by molar-refractivity contribution is 14.1. The highest BCUT2D eigenvalue weighted by Gasteiger charge is 1.95. The van der Waals surface area contributed by atoms with Crippen molar-refractivity contribution in [3.63, 3.8) is 0 Å². The Bertz CT molecular complexity index is 224. The third kappa shape index (κ3) is 1.41. The van der Waals surface area contributed by atoms with E-state index in [0.29, 0.717) is 5.82 Å². The van der Waals surface area contributed by atoms with Gasteiger partial charge in [0.05, 0.1) is 3.57 Å². The highest BCUT2D eigenvalue weighted by atomic mass is 127. The lowest BCUT2D eigenvalue weighted by molar-refractivity contribution is 1.18. The Morgan fingerprint density at radius 1 is 1.44 bits per heavy atom. The number of hydrogen-bond donors (Lipinski definition) is 2. The predicted octanol–water partition coefficient (Wildman–Crippen LogP) is 0.246. The summed E-state index contributed by atoms with van der Waals surface area (Å²) in [5.41, 5.74) is 10.6. The first kappa shape index (κ1) is 6.53. The van der Waals surface area contributed by atoms with E-state index in [4.69, 9.17) is 11.5 Å². The van der Waals surface area contributed by atoms with E-state index in [-0.39, 0.29) is 5.95 Å². The Labute approximate surface area is 65.8 Å². The van der Waals surface area contributed by atoms with Crippen LogP contribution >= 0.6 is 22.6 Å². The van der Waals surface area contributed by atoms with Crippen LogP contribution in [0.15, 0.2) is 6.20 Å². The van der Waals surface area contributed by atoms with Gasteiger partial charge in [0.2, 0.25) is 5.95 Å². The minimum absolute atomic E-state index is 0.216. The van der Waals surface area contributed by atoms with Crippen molar-refractivity contribution in [2.75, 3.05) is 11.5 Å². The van der Waals surface area contributed by atoms with Gasteiger partial charge in [-0.3, -0.25) is 0 Å². The van der Waals surface area contributed by atoms with Crippen molar-refractivity contribution in [3.8, 4) is 0 Å². The summed E-state index contributed by atoms with van der Waals surface area (Å²) in [5.74, 6) is 0.649. The zero-order valence-electron chi connectivity index (χ0n) is 4.50. The maximum Gasteiger partial charge on any atom is 0.221 e. The number of nitrogens with zero attached hydrogens (tertiary/aromatic N) is 2. The van der Waals surface area contributed by atoms with Crippen LogP contribution in [0, 0.1) is 3.57 Å². The Hall–Kier alpha value is -0.590. The van der Waals surface area contributed by atoms with Crippen molar-refractivity contribution in [2.45, 2.75) is 0 Å². The summed E-state index contributed by atoms with van der Waals surface area (Å²) in [5, 5.41) is 0. The first-order chi connectivity index (χ1) is 4.20. The molecule has 0 unspecified atom stereocenters. The van der Waals surface area contributed by atoms with E-state index >= 15 is 0 Å². The molecule has 4 N–H and O–H groups in total. The van der Waals surface area contributed by atoms with Crippen LogP contribution in [0.5, 0.6) is 0 Å². The zero-order valence-corrected chi connectivity index (χ0v) is 6.66. The van der Waals surface area contributed by atoms with Gasteiger partial charge in [-0.15, -0.1) is 0 Å². The van der Waals surface area contributed by atoms with Gasteiger partial charge in [-0.05, 0) is 22.6 Å². The van der Waals surface area contributed by atoms with Gasteiger partial charge in [0.25, 0.3) is 0 Å². The molecule has 0 amide bonds. The number of aromatic nitrogens is 2. The average Bonchev–Trinajstić information content (AvgIpc) is 1.80. The van der Waals surface area contributed by atoms with E-state index in [1.54, 1.807) is 6.20 Å². The Morgan fingerprint density at radius 2 is 2.11 bits per heavy atom. The van der Waals surface area contributed by atoms with Crippen molar-refractivity contribution in [1.82, 2.24) is 9.97 Å². The van der Waals surface area contributed by atoms with Gasteiger partial charge in [-0.2, -0.15) is 4.98 Å². The van der Waals surface area contributed by atoms with Crippen LogP contribution in [0.3, 0.4) is 0 Å². The normalized spacial score (nSPS) is 9.44. The number of nitrogens with two attached hydrogens (primary N) is 2. The molecule has 1 aromatic rings. The molecule has 4 nitrogen and oxygen atoms in total. The third-order valence-electron chi connectivity index (χ3n) is 0.790. The fourth-order valence-corrected chi connectivity index (χ4v) is 0.654. The van der Waals surface area contributed by atoms with E-state index in [1.165, 1.54) is 0 Å². The minimum Gasteiger partial charge on any atom is -0.383 e. The number of anilines is 2. The molecule has 1 rings (SSSR count). The van der Waals surface area contributed by atoms with Crippen LogP contribution in [0.1, 0.15) is 0 Å². The summed E-state index contributed by atoms with van der Waals surface area (Å²) < 4.78 is 0.821. The van der Waals surface area contributed by atoms with Crippen molar-refractivity contribution in [2.24, 2.45) is 0 Å². The van der Waals surface area contributed by atoms with Gasteiger partial charge in [0.15, 0.2) is 0 Å². The summed E-state index contributed by atoms with van der Waals surface area (Å²) in [6.45, 7) is 0. The molecule has 0 aliphatic heterocycles. The molecule has 0 aliphatic carbocycles. The topological polar surface area (TPSA) is 77.8 Å². The SMILES string of the molecule is Nc1ncc(I)c(N)n1. The van der Waals surface area contributed by atoms with Crippen LogP contribution in [0.4, 0.5) is 11.8 Å². The van der Waals surface area contributed by atoms with Gasteiger partial charge < -0.3 is 11.5 Å². The highest BCUT2D eigenvalue weighted by Crippen LogP contribution is 2.09. The van der Waals surface area contributed by atoms with E-state index < -0.39 is 0 Å². The van der Waals surface area contributed by atoms with Crippen molar-refractivity contribution in [1.29, 1.82) is 0 Å². The van der Waals surface area contributed by atoms with Gasteiger partial charge in [0, 0.05) is 6.20 Å². The smallest absolute Gasteiger partial charge is 0.221 e. The fraction of sp³-hybridized carbons (Fsp3) is 0. The Balaban J connectivity index is 3.17. The van der Waals surface area contributed by atoms with Crippen LogP contribution < -0.4 is 11.5 Å². The van der Waals surface area contributed by atoms with E-state index in [1.807, 2.05) is 22.6 Å². The molecule has 5 heteroatoms. The number of rotatable bonds is 0. The molecule has 9 heavy (non-hydrogen) atoms. The molecule has 0 bridgehead atoms. The fourth-order valence-electron chi connectivity index (χ4n) is 0.395. The lowest BCUT2D eigenvalue weighted by Crippen LogP contribution is -2.00. The van der Waals surface area contributed by atoms with Gasteiger partial charge in [-0.25, -0.2) is 4.98 Å². The van der Waals surface area contributed by atoms with Crippen LogP contribution in [-0.2, 0) is 0 Å². The standard InChI is InChI=1S/C4H5IN4/c5-2-1-8-4(7)9-3(2)6/h1H,(H4,6,7,8,9). The maximum atomic E-state index is 5.38. The van der Waals surface area contributed by atoms with Crippen molar-refractivity contribution >= 4 is 34.4 Å². The van der Waals surface area contributed by atoms with E-state index in [0.717, 1.165) is 3.57 Å². The zero-order chi connectivity index (χ0) is 6.85. The largest absolute Gasteiger partial charge is 0.383 e. The molecule has 0 spiro atoms. The Morgan fingerprint density at radius 3 is 2.56 bits per heavy atom. The Kier molecular flexibility index (Phi) is 1.70. The summed E-state index contributed by atoms with van der Waals surface area (Å²) in [4.78, 5) is 7.43. The molecule has 0 fully saturated rings. The van der Waals surface area contributed by atoms with Crippen LogP contribution in [-0.4, -0.2) is 9.97 Å². The summed E-state index contributed by atoms with van der Waals surface area (Å²) >= 11 is 2.04. The van der Waals surface area contributed by atoms with Gasteiger partial charge >= 0.3 is 0 Å². The van der Waals surface area contributed by atoms with Gasteiger partial charge in [0.1, 0.15) is 5.82 Å². The molecule has 48 valence electrons. The second-order valence-electron chi connectivity index (χ2n) is 1.46. The molecule has 0 atom stereocenters. The third-order valence-corrected chi connectivity index (χ3v) is 1.62. The number of hydrogen-bond acceptors (Lipinski definition) is 4. The van der Waals surface area contributed by atoms with Gasteiger partial charge in [-0.1, -0.05) is 0 Å². The monoisotopic (exact) mass is 236 g/mol.